The number of ether oxygens (including phenoxy) is 1. The third kappa shape index (κ3) is 4.30. The molecule has 11 heteroatoms. The van der Waals surface area contributed by atoms with Gasteiger partial charge in [0.15, 0.2) is 11.0 Å². The fourth-order valence-electron chi connectivity index (χ4n) is 3.85. The Kier molecular flexibility index (Phi) is 6.10. The molecule has 2 N–H and O–H groups in total. The van der Waals surface area contributed by atoms with Gasteiger partial charge in [0.2, 0.25) is 0 Å². The minimum Gasteiger partial charge on any atom is -0.467 e. The molecule has 0 saturated heterocycles. The summed E-state index contributed by atoms with van der Waals surface area (Å²) in [7, 11) is 0. The predicted octanol–water partition coefficient (Wildman–Crippen LogP) is 3.98. The standard InChI is InChI=1S/C23H22FN5O4S/c1-2-32-21(30)18-16(25-22(31)26-19(18)17-8-5-11-33-17)12-34-23-28-27-20(29(23)13-9-10-13)14-6-3-4-7-15(14)24/h3-8,11,13,19H,2,9-10,12H2,1H3,(H2,25,26,31). The number of amides is 2. The highest BCUT2D eigenvalue weighted by Gasteiger charge is 2.36. The van der Waals surface area contributed by atoms with Crippen molar-refractivity contribution in [1.82, 2.24) is 25.4 Å². The van der Waals surface area contributed by atoms with Crippen LogP contribution in [0.25, 0.3) is 11.4 Å². The molecule has 5 rings (SSSR count). The Hall–Kier alpha value is -3.60. The first-order chi connectivity index (χ1) is 16.6. The first-order valence-corrected chi connectivity index (χ1v) is 11.9. The summed E-state index contributed by atoms with van der Waals surface area (Å²) >= 11 is 1.31. The van der Waals surface area contributed by atoms with Crippen molar-refractivity contribution in [2.75, 3.05) is 12.4 Å². The maximum absolute atomic E-state index is 14.4. The number of benzene rings is 1. The van der Waals surface area contributed by atoms with Crippen molar-refractivity contribution < 1.29 is 23.1 Å². The number of carbonyl (C=O) groups excluding carboxylic acids is 2. The van der Waals surface area contributed by atoms with E-state index in [0.29, 0.717) is 28.0 Å². The van der Waals surface area contributed by atoms with Crippen LogP contribution >= 0.6 is 11.8 Å². The van der Waals surface area contributed by atoms with Crippen LogP contribution in [0.1, 0.15) is 37.6 Å². The summed E-state index contributed by atoms with van der Waals surface area (Å²) < 4.78 is 27.1. The van der Waals surface area contributed by atoms with Gasteiger partial charge in [-0.05, 0) is 44.0 Å². The van der Waals surface area contributed by atoms with E-state index in [1.807, 2.05) is 4.57 Å². The molecular weight excluding hydrogens is 461 g/mol. The molecule has 9 nitrogen and oxygen atoms in total. The van der Waals surface area contributed by atoms with Crippen LogP contribution in [-0.2, 0) is 9.53 Å². The van der Waals surface area contributed by atoms with Gasteiger partial charge in [-0.2, -0.15) is 0 Å². The molecule has 3 heterocycles. The molecule has 2 aromatic heterocycles. The zero-order valence-electron chi connectivity index (χ0n) is 18.3. The molecule has 1 saturated carbocycles. The van der Waals surface area contributed by atoms with Gasteiger partial charge in [0.25, 0.3) is 0 Å². The topological polar surface area (TPSA) is 111 Å². The monoisotopic (exact) mass is 483 g/mol. The highest BCUT2D eigenvalue weighted by atomic mass is 32.2. The van der Waals surface area contributed by atoms with Gasteiger partial charge >= 0.3 is 12.0 Å². The quantitative estimate of drug-likeness (QED) is 0.368. The Bertz CT molecular complexity index is 1250. The van der Waals surface area contributed by atoms with E-state index in [2.05, 4.69) is 20.8 Å². The average molecular weight is 484 g/mol. The van der Waals surface area contributed by atoms with Crippen LogP contribution in [0.15, 0.2) is 63.5 Å². The molecule has 0 radical (unpaired) electrons. The number of halogens is 1. The maximum atomic E-state index is 14.4. The smallest absolute Gasteiger partial charge is 0.338 e. The molecular formula is C23H22FN5O4S. The minimum atomic E-state index is -0.784. The lowest BCUT2D eigenvalue weighted by Crippen LogP contribution is -2.46. The summed E-state index contributed by atoms with van der Waals surface area (Å²) in [5, 5.41) is 14.6. The third-order valence-electron chi connectivity index (χ3n) is 5.51. The second kappa shape index (κ2) is 9.34. The second-order valence-electron chi connectivity index (χ2n) is 7.84. The fraction of sp³-hybridized carbons (Fsp3) is 0.304. The van der Waals surface area contributed by atoms with Crippen LogP contribution in [0.2, 0.25) is 0 Å². The number of nitrogens with zero attached hydrogens (tertiary/aromatic N) is 3. The minimum absolute atomic E-state index is 0.184. The normalized spacial score (nSPS) is 17.9. The Morgan fingerprint density at radius 1 is 1.26 bits per heavy atom. The average Bonchev–Trinajstić information content (AvgIpc) is 3.34. The predicted molar refractivity (Wildman–Crippen MR) is 121 cm³/mol. The first-order valence-electron chi connectivity index (χ1n) is 10.9. The zero-order chi connectivity index (χ0) is 23.7. The van der Waals surface area contributed by atoms with Gasteiger partial charge in [0.1, 0.15) is 17.6 Å². The number of thioether (sulfide) groups is 1. The van der Waals surface area contributed by atoms with Crippen molar-refractivity contribution in [1.29, 1.82) is 0 Å². The van der Waals surface area contributed by atoms with Crippen molar-refractivity contribution in [2.45, 2.75) is 37.0 Å². The summed E-state index contributed by atoms with van der Waals surface area (Å²) in [6.07, 6.45) is 3.37. The maximum Gasteiger partial charge on any atom is 0.338 e. The molecule has 1 aliphatic carbocycles. The van der Waals surface area contributed by atoms with Crippen LogP contribution in [0, 0.1) is 5.82 Å². The van der Waals surface area contributed by atoms with Gasteiger partial charge in [0, 0.05) is 17.5 Å². The molecule has 34 heavy (non-hydrogen) atoms. The van der Waals surface area contributed by atoms with Gasteiger partial charge in [-0.1, -0.05) is 23.9 Å². The Labute approximate surface area is 198 Å². The molecule has 176 valence electrons. The number of aromatic nitrogens is 3. The number of rotatable bonds is 8. The summed E-state index contributed by atoms with van der Waals surface area (Å²) in [6.45, 7) is 1.90. The van der Waals surface area contributed by atoms with Crippen LogP contribution in [0.5, 0.6) is 0 Å². The van der Waals surface area contributed by atoms with Crippen molar-refractivity contribution in [3.05, 3.63) is 65.5 Å². The lowest BCUT2D eigenvalue weighted by Gasteiger charge is -2.27. The van der Waals surface area contributed by atoms with E-state index in [-0.39, 0.29) is 29.8 Å². The van der Waals surface area contributed by atoms with Crippen LogP contribution in [0.3, 0.4) is 0 Å². The lowest BCUT2D eigenvalue weighted by atomic mass is 10.0. The van der Waals surface area contributed by atoms with Gasteiger partial charge in [-0.15, -0.1) is 10.2 Å². The van der Waals surface area contributed by atoms with E-state index in [4.69, 9.17) is 9.15 Å². The van der Waals surface area contributed by atoms with E-state index < -0.39 is 18.0 Å². The molecule has 3 aromatic rings. The van der Waals surface area contributed by atoms with E-state index in [0.717, 1.165) is 12.8 Å². The lowest BCUT2D eigenvalue weighted by molar-refractivity contribution is -0.139. The van der Waals surface area contributed by atoms with Crippen molar-refractivity contribution >= 4 is 23.8 Å². The Morgan fingerprint density at radius 2 is 2.09 bits per heavy atom. The van der Waals surface area contributed by atoms with E-state index >= 15 is 0 Å². The highest BCUT2D eigenvalue weighted by molar-refractivity contribution is 7.99. The largest absolute Gasteiger partial charge is 0.467 e. The van der Waals surface area contributed by atoms with Gasteiger partial charge < -0.3 is 19.8 Å². The third-order valence-corrected chi connectivity index (χ3v) is 6.48. The van der Waals surface area contributed by atoms with Gasteiger partial charge in [-0.25, -0.2) is 14.0 Å². The molecule has 1 fully saturated rings. The van der Waals surface area contributed by atoms with E-state index in [1.54, 1.807) is 37.3 Å². The molecule has 2 aliphatic rings. The molecule has 1 aromatic carbocycles. The van der Waals surface area contributed by atoms with Crippen LogP contribution in [0.4, 0.5) is 9.18 Å². The molecule has 0 bridgehead atoms. The number of hydrogen-bond donors (Lipinski definition) is 2. The SMILES string of the molecule is CCOC(=O)C1=C(CSc2nnc(-c3ccccc3F)n2C2CC2)NC(=O)NC1c1ccco1. The second-order valence-corrected chi connectivity index (χ2v) is 8.78. The van der Waals surface area contributed by atoms with Gasteiger partial charge in [0.05, 0.1) is 24.0 Å². The zero-order valence-corrected chi connectivity index (χ0v) is 19.1. The number of nitrogens with one attached hydrogen (secondary N) is 2. The fourth-order valence-corrected chi connectivity index (χ4v) is 4.83. The summed E-state index contributed by atoms with van der Waals surface area (Å²) in [4.78, 5) is 25.2. The van der Waals surface area contributed by atoms with Crippen LogP contribution < -0.4 is 10.6 Å². The van der Waals surface area contributed by atoms with E-state index in [1.165, 1.54) is 24.1 Å². The Balaban J connectivity index is 1.48. The van der Waals surface area contributed by atoms with Crippen molar-refractivity contribution in [2.24, 2.45) is 0 Å². The number of carbonyl (C=O) groups is 2. The molecule has 1 atom stereocenters. The molecule has 1 aliphatic heterocycles. The van der Waals surface area contributed by atoms with Crippen LogP contribution in [-0.4, -0.2) is 39.1 Å². The number of furan rings is 1. The highest BCUT2D eigenvalue weighted by Crippen LogP contribution is 2.42. The van der Waals surface area contributed by atoms with Crippen molar-refractivity contribution in [3.8, 4) is 11.4 Å². The number of esters is 1. The summed E-state index contributed by atoms with van der Waals surface area (Å²) in [5.41, 5.74) is 1.04. The summed E-state index contributed by atoms with van der Waals surface area (Å²) in [6, 6.07) is 8.77. The number of hydrogen-bond acceptors (Lipinski definition) is 7. The molecule has 1 unspecified atom stereocenters. The molecule has 0 spiro atoms. The van der Waals surface area contributed by atoms with E-state index in [9.17, 15) is 14.0 Å². The van der Waals surface area contributed by atoms with Gasteiger partial charge in [-0.3, -0.25) is 4.57 Å². The molecule has 2 amide bonds. The summed E-state index contributed by atoms with van der Waals surface area (Å²) in [5.74, 6) is 0.185. The number of urea groups is 1. The first kappa shape index (κ1) is 22.2. The van der Waals surface area contributed by atoms with Crippen molar-refractivity contribution in [3.63, 3.8) is 0 Å². The Morgan fingerprint density at radius 3 is 2.79 bits per heavy atom.